The number of aromatic nitrogens is 2. The first-order valence-corrected chi connectivity index (χ1v) is 13.5. The standard InChI is InChI=1S/C27H33N5O4S/c1-16-11-17(2)24(18(3)12-16)37(36)32-23(27(34)35)15-30-26(33)22-13-19(14-29-22)6-8-21-9-7-20-5-4-10-28-25(20)31-21/h4-5,10-14,21,23,29,32H,6-9,15H2,1-3H3,(H,28,31)(H,30,33)(H,34,35). The molecule has 2 aromatic heterocycles. The predicted octanol–water partition coefficient (Wildman–Crippen LogP) is 3.19. The second-order valence-corrected chi connectivity index (χ2v) is 10.7. The fraction of sp³-hybridized carbons (Fsp3) is 0.370. The van der Waals surface area contributed by atoms with Crippen LogP contribution in [-0.2, 0) is 29.0 Å². The van der Waals surface area contributed by atoms with Gasteiger partial charge in [-0.25, -0.2) is 4.98 Å². The van der Waals surface area contributed by atoms with E-state index in [9.17, 15) is 19.2 Å². The number of amides is 1. The number of aliphatic carboxylic acids is 1. The molecule has 37 heavy (non-hydrogen) atoms. The number of carboxylic acids is 1. The van der Waals surface area contributed by atoms with E-state index in [0.29, 0.717) is 16.6 Å². The lowest BCUT2D eigenvalue weighted by atomic mass is 9.96. The Hall–Kier alpha value is -3.34. The van der Waals surface area contributed by atoms with E-state index in [0.717, 1.165) is 53.8 Å². The quantitative estimate of drug-likeness (QED) is 0.257. The van der Waals surface area contributed by atoms with E-state index in [1.807, 2.05) is 39.0 Å². The lowest BCUT2D eigenvalue weighted by molar-refractivity contribution is -0.138. The summed E-state index contributed by atoms with van der Waals surface area (Å²) in [5.41, 5.74) is 5.27. The van der Waals surface area contributed by atoms with Crippen LogP contribution < -0.4 is 15.4 Å². The van der Waals surface area contributed by atoms with Gasteiger partial charge in [-0.05, 0) is 69.7 Å². The third-order valence-corrected chi connectivity index (χ3v) is 8.08. The highest BCUT2D eigenvalue weighted by atomic mass is 32.2. The highest BCUT2D eigenvalue weighted by Gasteiger charge is 2.28. The average Bonchev–Trinajstić information content (AvgIpc) is 3.33. The maximum Gasteiger partial charge on any atom is 0.327 e. The van der Waals surface area contributed by atoms with Gasteiger partial charge in [-0.2, -0.15) is 0 Å². The number of aryl methyl sites for hydroxylation is 5. The van der Waals surface area contributed by atoms with Gasteiger partial charge in [0.05, 0.1) is 11.4 Å². The van der Waals surface area contributed by atoms with Crippen LogP contribution in [-0.4, -0.2) is 50.1 Å². The van der Waals surface area contributed by atoms with Gasteiger partial charge >= 0.3 is 5.97 Å². The number of pyridine rings is 1. The molecule has 1 amide bonds. The Labute approximate surface area is 219 Å². The van der Waals surface area contributed by atoms with Crippen LogP contribution in [0.15, 0.2) is 47.6 Å². The first-order valence-electron chi connectivity index (χ1n) is 12.4. The van der Waals surface area contributed by atoms with Crippen molar-refractivity contribution in [1.82, 2.24) is 20.0 Å². The molecule has 3 unspecified atom stereocenters. The van der Waals surface area contributed by atoms with Gasteiger partial charge in [-0.1, -0.05) is 23.8 Å². The van der Waals surface area contributed by atoms with Crippen LogP contribution in [0.2, 0.25) is 0 Å². The number of carbonyl (C=O) groups is 2. The molecule has 3 atom stereocenters. The van der Waals surface area contributed by atoms with E-state index in [2.05, 4.69) is 31.4 Å². The molecule has 0 fully saturated rings. The lowest BCUT2D eigenvalue weighted by Gasteiger charge is -2.25. The summed E-state index contributed by atoms with van der Waals surface area (Å²) in [4.78, 5) is 32.4. The molecule has 4 rings (SSSR count). The van der Waals surface area contributed by atoms with Crippen LogP contribution in [0.1, 0.15) is 51.1 Å². The molecular formula is C27H33N5O4S. The largest absolute Gasteiger partial charge is 0.593 e. The molecule has 1 aromatic carbocycles. The van der Waals surface area contributed by atoms with Gasteiger partial charge in [0.25, 0.3) is 5.91 Å². The third-order valence-electron chi connectivity index (χ3n) is 6.57. The van der Waals surface area contributed by atoms with E-state index < -0.39 is 29.3 Å². The minimum Gasteiger partial charge on any atom is -0.593 e. The summed E-state index contributed by atoms with van der Waals surface area (Å²) in [6.45, 7) is 5.42. The summed E-state index contributed by atoms with van der Waals surface area (Å²) in [5, 5.41) is 15.8. The maximum atomic E-state index is 12.9. The van der Waals surface area contributed by atoms with Gasteiger partial charge in [-0.3, -0.25) is 9.59 Å². The molecule has 10 heteroatoms. The molecule has 0 saturated heterocycles. The monoisotopic (exact) mass is 523 g/mol. The number of anilines is 1. The zero-order valence-corrected chi connectivity index (χ0v) is 22.1. The molecular weight excluding hydrogens is 490 g/mol. The number of hydrogen-bond donors (Lipinski definition) is 5. The van der Waals surface area contributed by atoms with Crippen molar-refractivity contribution in [3.05, 3.63) is 76.2 Å². The van der Waals surface area contributed by atoms with Crippen molar-refractivity contribution in [3.8, 4) is 0 Å². The van der Waals surface area contributed by atoms with Crippen LogP contribution in [0.3, 0.4) is 0 Å². The Morgan fingerprint density at radius 2 is 2.00 bits per heavy atom. The first-order chi connectivity index (χ1) is 17.7. The number of aromatic amines is 1. The first kappa shape index (κ1) is 26.7. The number of carbonyl (C=O) groups excluding carboxylic acids is 1. The van der Waals surface area contributed by atoms with Gasteiger partial charge in [0.2, 0.25) is 0 Å². The van der Waals surface area contributed by atoms with E-state index in [4.69, 9.17) is 0 Å². The van der Waals surface area contributed by atoms with Crippen molar-refractivity contribution < 1.29 is 19.2 Å². The fourth-order valence-corrected chi connectivity index (χ4v) is 6.02. The van der Waals surface area contributed by atoms with Crippen LogP contribution >= 0.6 is 0 Å². The Morgan fingerprint density at radius 1 is 1.24 bits per heavy atom. The summed E-state index contributed by atoms with van der Waals surface area (Å²) in [6, 6.07) is 8.74. The second kappa shape index (κ2) is 11.8. The number of benzene rings is 1. The van der Waals surface area contributed by atoms with Crippen molar-refractivity contribution >= 4 is 29.1 Å². The molecule has 1 aliphatic rings. The molecule has 0 aliphatic carbocycles. The number of nitrogens with one attached hydrogen (secondary N) is 4. The molecule has 0 saturated carbocycles. The van der Waals surface area contributed by atoms with Crippen LogP contribution in [0.4, 0.5) is 5.82 Å². The van der Waals surface area contributed by atoms with E-state index >= 15 is 0 Å². The van der Waals surface area contributed by atoms with Gasteiger partial charge in [0.1, 0.15) is 11.5 Å². The second-order valence-electron chi connectivity index (χ2n) is 9.57. The van der Waals surface area contributed by atoms with Crippen molar-refractivity contribution in [1.29, 1.82) is 0 Å². The lowest BCUT2D eigenvalue weighted by Crippen LogP contribution is -2.48. The van der Waals surface area contributed by atoms with Gasteiger partial charge in [-0.15, -0.1) is 4.72 Å². The molecule has 5 N–H and O–H groups in total. The van der Waals surface area contributed by atoms with E-state index in [1.54, 1.807) is 18.5 Å². The molecule has 3 aromatic rings. The number of nitrogens with zero attached hydrogens (tertiary/aromatic N) is 1. The minimum absolute atomic E-state index is 0.212. The predicted molar refractivity (Wildman–Crippen MR) is 143 cm³/mol. The Kier molecular flexibility index (Phi) is 8.52. The highest BCUT2D eigenvalue weighted by molar-refractivity contribution is 7.89. The Balaban J connectivity index is 1.29. The minimum atomic E-state index is -1.74. The number of fused-ring (bicyclic) bond motifs is 1. The summed E-state index contributed by atoms with van der Waals surface area (Å²) < 4.78 is 15.6. The van der Waals surface area contributed by atoms with E-state index in [1.165, 1.54) is 5.56 Å². The third kappa shape index (κ3) is 6.71. The van der Waals surface area contributed by atoms with Gasteiger partial charge in [0.15, 0.2) is 10.9 Å². The number of H-pyrrole nitrogens is 1. The zero-order chi connectivity index (χ0) is 26.5. The highest BCUT2D eigenvalue weighted by Crippen LogP contribution is 2.24. The molecule has 0 spiro atoms. The maximum absolute atomic E-state index is 12.9. The van der Waals surface area contributed by atoms with Gasteiger partial charge in [0, 0.05) is 36.1 Å². The molecule has 1 aliphatic heterocycles. The summed E-state index contributed by atoms with van der Waals surface area (Å²) >= 11 is -1.74. The Morgan fingerprint density at radius 3 is 2.73 bits per heavy atom. The van der Waals surface area contributed by atoms with E-state index in [-0.39, 0.29) is 6.54 Å². The number of rotatable bonds is 10. The summed E-state index contributed by atoms with van der Waals surface area (Å²) in [7, 11) is 0. The van der Waals surface area contributed by atoms with Crippen molar-refractivity contribution in [2.75, 3.05) is 11.9 Å². The van der Waals surface area contributed by atoms with Crippen LogP contribution in [0.25, 0.3) is 0 Å². The van der Waals surface area contributed by atoms with Crippen LogP contribution in [0.5, 0.6) is 0 Å². The molecule has 0 bridgehead atoms. The summed E-state index contributed by atoms with van der Waals surface area (Å²) in [6.07, 6.45) is 7.31. The van der Waals surface area contributed by atoms with Crippen molar-refractivity contribution in [3.63, 3.8) is 0 Å². The SMILES string of the molecule is Cc1cc(C)c([S+]([O-])NC(CNC(=O)c2cc(CCC3CCc4cccnc4N3)c[nH]2)C(=O)O)c(C)c1. The van der Waals surface area contributed by atoms with Gasteiger partial charge < -0.3 is 25.3 Å². The van der Waals surface area contributed by atoms with Crippen molar-refractivity contribution in [2.24, 2.45) is 0 Å². The van der Waals surface area contributed by atoms with Crippen LogP contribution in [0, 0.1) is 20.8 Å². The normalized spacial score (nSPS) is 16.4. The molecule has 196 valence electrons. The molecule has 9 nitrogen and oxygen atoms in total. The molecule has 0 radical (unpaired) electrons. The number of carboxylic acid groups (broad SMARTS) is 1. The zero-order valence-electron chi connectivity index (χ0n) is 21.3. The van der Waals surface area contributed by atoms with Crippen molar-refractivity contribution in [2.45, 2.75) is 63.4 Å². The average molecular weight is 524 g/mol. The molecule has 3 heterocycles. The topological polar surface area (TPSA) is 142 Å². The summed E-state index contributed by atoms with van der Waals surface area (Å²) in [5.74, 6) is -0.663. The fourth-order valence-electron chi connectivity index (χ4n) is 4.75. The Bertz CT molecular complexity index is 1250. The smallest absolute Gasteiger partial charge is 0.327 e. The number of hydrogen-bond acceptors (Lipinski definition) is 6.